The normalized spacial score (nSPS) is 12.6. The van der Waals surface area contributed by atoms with Crippen molar-refractivity contribution >= 4 is 0 Å². The van der Waals surface area contributed by atoms with Crippen molar-refractivity contribution in [2.75, 3.05) is 54.4 Å². The standard InChI is InChI=1S/2C8H20N2/c2*1-8(2,3)9-6-7-10(4)5/h2*9H,6-7H2,1-5H3. The van der Waals surface area contributed by atoms with Gasteiger partial charge in [0.25, 0.3) is 0 Å². The highest BCUT2D eigenvalue weighted by Gasteiger charge is 2.07. The maximum Gasteiger partial charge on any atom is 0.0101 e. The third-order valence-electron chi connectivity index (χ3n) is 2.43. The fourth-order valence-electron chi connectivity index (χ4n) is 1.31. The average molecular weight is 289 g/mol. The summed E-state index contributed by atoms with van der Waals surface area (Å²) in [6.45, 7) is 17.4. The Bertz CT molecular complexity index is 187. The number of nitrogens with one attached hydrogen (secondary N) is 2. The van der Waals surface area contributed by atoms with Crippen LogP contribution >= 0.6 is 0 Å². The van der Waals surface area contributed by atoms with Crippen molar-refractivity contribution in [2.45, 2.75) is 52.6 Å². The van der Waals surface area contributed by atoms with Gasteiger partial charge in [-0.05, 0) is 69.7 Å². The van der Waals surface area contributed by atoms with Crippen molar-refractivity contribution < 1.29 is 0 Å². The van der Waals surface area contributed by atoms with Gasteiger partial charge in [0.05, 0.1) is 0 Å². The smallest absolute Gasteiger partial charge is 0.0101 e. The molecule has 0 saturated heterocycles. The van der Waals surface area contributed by atoms with E-state index >= 15 is 0 Å². The highest BCUT2D eigenvalue weighted by Crippen LogP contribution is 1.97. The van der Waals surface area contributed by atoms with E-state index in [2.05, 4.69) is 90.2 Å². The van der Waals surface area contributed by atoms with Gasteiger partial charge in [-0.1, -0.05) is 0 Å². The monoisotopic (exact) mass is 288 g/mol. The van der Waals surface area contributed by atoms with Crippen LogP contribution in [0.5, 0.6) is 0 Å². The first-order valence-corrected chi connectivity index (χ1v) is 7.63. The Kier molecular flexibility index (Phi) is 11.7. The lowest BCUT2D eigenvalue weighted by Gasteiger charge is -2.21. The number of hydrogen-bond acceptors (Lipinski definition) is 4. The Balaban J connectivity index is 0. The van der Waals surface area contributed by atoms with Gasteiger partial charge in [-0.2, -0.15) is 0 Å². The summed E-state index contributed by atoms with van der Waals surface area (Å²) >= 11 is 0. The first kappa shape index (κ1) is 22.1. The van der Waals surface area contributed by atoms with Crippen molar-refractivity contribution in [3.8, 4) is 0 Å². The summed E-state index contributed by atoms with van der Waals surface area (Å²) in [6.07, 6.45) is 0. The number of hydrogen-bond donors (Lipinski definition) is 2. The van der Waals surface area contributed by atoms with Crippen LogP contribution in [0, 0.1) is 0 Å². The molecule has 0 fully saturated rings. The second kappa shape index (κ2) is 10.6. The van der Waals surface area contributed by atoms with Gasteiger partial charge < -0.3 is 20.4 Å². The molecule has 0 aromatic carbocycles. The molecular formula is C16H40N4. The van der Waals surface area contributed by atoms with Crippen LogP contribution in [-0.2, 0) is 0 Å². The Morgan fingerprint density at radius 2 is 0.850 bits per heavy atom. The zero-order chi connectivity index (χ0) is 16.4. The van der Waals surface area contributed by atoms with E-state index in [9.17, 15) is 0 Å². The van der Waals surface area contributed by atoms with E-state index in [-0.39, 0.29) is 11.1 Å². The molecule has 4 heteroatoms. The predicted octanol–water partition coefficient (Wildman–Crippen LogP) is 1.87. The third-order valence-corrected chi connectivity index (χ3v) is 2.43. The molecule has 0 aliphatic heterocycles. The molecule has 0 unspecified atom stereocenters. The summed E-state index contributed by atoms with van der Waals surface area (Å²) in [7, 11) is 8.35. The van der Waals surface area contributed by atoms with E-state index in [0.717, 1.165) is 26.2 Å². The van der Waals surface area contributed by atoms with E-state index in [1.54, 1.807) is 0 Å². The molecule has 0 aliphatic rings. The molecule has 20 heavy (non-hydrogen) atoms. The van der Waals surface area contributed by atoms with Crippen molar-refractivity contribution in [1.29, 1.82) is 0 Å². The molecule has 0 rings (SSSR count). The van der Waals surface area contributed by atoms with Gasteiger partial charge in [0.15, 0.2) is 0 Å². The molecule has 0 radical (unpaired) electrons. The van der Waals surface area contributed by atoms with Gasteiger partial charge in [-0.15, -0.1) is 0 Å². The Morgan fingerprint density at radius 3 is 1.00 bits per heavy atom. The summed E-state index contributed by atoms with van der Waals surface area (Å²) < 4.78 is 0. The van der Waals surface area contributed by atoms with Crippen molar-refractivity contribution in [2.24, 2.45) is 0 Å². The molecule has 0 aromatic heterocycles. The Morgan fingerprint density at radius 1 is 0.600 bits per heavy atom. The van der Waals surface area contributed by atoms with E-state index in [1.807, 2.05) is 0 Å². The molecule has 0 aromatic rings. The molecule has 124 valence electrons. The van der Waals surface area contributed by atoms with Crippen LogP contribution in [0.3, 0.4) is 0 Å². The summed E-state index contributed by atoms with van der Waals surface area (Å²) in [5.41, 5.74) is 0.520. The van der Waals surface area contributed by atoms with Gasteiger partial charge in [0, 0.05) is 37.3 Å². The summed E-state index contributed by atoms with van der Waals surface area (Å²) in [6, 6.07) is 0. The molecule has 0 spiro atoms. The van der Waals surface area contributed by atoms with E-state index in [0.29, 0.717) is 0 Å². The quantitative estimate of drug-likeness (QED) is 0.781. The van der Waals surface area contributed by atoms with Gasteiger partial charge in [0.2, 0.25) is 0 Å². The van der Waals surface area contributed by atoms with E-state index < -0.39 is 0 Å². The van der Waals surface area contributed by atoms with Gasteiger partial charge in [0.1, 0.15) is 0 Å². The molecular weight excluding hydrogens is 248 g/mol. The third kappa shape index (κ3) is 26.4. The summed E-state index contributed by atoms with van der Waals surface area (Å²) in [5.74, 6) is 0. The highest BCUT2D eigenvalue weighted by atomic mass is 15.1. The number of rotatable bonds is 6. The van der Waals surface area contributed by atoms with Crippen LogP contribution in [0.2, 0.25) is 0 Å². The largest absolute Gasteiger partial charge is 0.311 e. The molecule has 0 aliphatic carbocycles. The minimum Gasteiger partial charge on any atom is -0.311 e. The van der Waals surface area contributed by atoms with Crippen molar-refractivity contribution in [3.05, 3.63) is 0 Å². The summed E-state index contributed by atoms with van der Waals surface area (Å²) in [5, 5.41) is 6.82. The fraction of sp³-hybridized carbons (Fsp3) is 1.00. The van der Waals surface area contributed by atoms with Crippen molar-refractivity contribution in [3.63, 3.8) is 0 Å². The van der Waals surface area contributed by atoms with Gasteiger partial charge >= 0.3 is 0 Å². The summed E-state index contributed by atoms with van der Waals surface area (Å²) in [4.78, 5) is 4.36. The first-order valence-electron chi connectivity index (χ1n) is 7.63. The SMILES string of the molecule is CN(C)CCNC(C)(C)C.CN(C)CCNC(C)(C)C. The topological polar surface area (TPSA) is 30.5 Å². The van der Waals surface area contributed by atoms with E-state index in [4.69, 9.17) is 0 Å². The maximum atomic E-state index is 3.41. The fourth-order valence-corrected chi connectivity index (χ4v) is 1.31. The lowest BCUT2D eigenvalue weighted by Crippen LogP contribution is -2.39. The van der Waals surface area contributed by atoms with Crippen LogP contribution < -0.4 is 10.6 Å². The molecule has 0 bridgehead atoms. The Labute approximate surface area is 128 Å². The van der Waals surface area contributed by atoms with Gasteiger partial charge in [-0.3, -0.25) is 0 Å². The van der Waals surface area contributed by atoms with Crippen LogP contribution in [0.4, 0.5) is 0 Å². The molecule has 2 N–H and O–H groups in total. The zero-order valence-corrected chi connectivity index (χ0v) is 15.7. The second-order valence-electron chi connectivity index (χ2n) is 7.96. The highest BCUT2D eigenvalue weighted by molar-refractivity contribution is 4.70. The molecule has 0 saturated carbocycles. The van der Waals surface area contributed by atoms with Gasteiger partial charge in [-0.25, -0.2) is 0 Å². The number of likely N-dealkylation sites (N-methyl/N-ethyl adjacent to an activating group) is 2. The minimum atomic E-state index is 0.260. The zero-order valence-electron chi connectivity index (χ0n) is 15.7. The van der Waals surface area contributed by atoms with Crippen LogP contribution in [0.25, 0.3) is 0 Å². The average Bonchev–Trinajstić information content (AvgIpc) is 2.12. The molecule has 4 nitrogen and oxygen atoms in total. The maximum absolute atomic E-state index is 3.41. The lowest BCUT2D eigenvalue weighted by atomic mass is 10.1. The molecule has 0 amide bonds. The van der Waals surface area contributed by atoms with Crippen molar-refractivity contribution in [1.82, 2.24) is 20.4 Å². The minimum absolute atomic E-state index is 0.260. The van der Waals surface area contributed by atoms with Crippen LogP contribution in [0.15, 0.2) is 0 Å². The molecule has 0 heterocycles. The second-order valence-corrected chi connectivity index (χ2v) is 7.96. The van der Waals surface area contributed by atoms with Crippen LogP contribution in [0.1, 0.15) is 41.5 Å². The Hall–Kier alpha value is -0.160. The first-order chi connectivity index (χ1) is 8.83. The number of nitrogens with zero attached hydrogens (tertiary/aromatic N) is 2. The van der Waals surface area contributed by atoms with Crippen LogP contribution in [-0.4, -0.2) is 75.2 Å². The lowest BCUT2D eigenvalue weighted by molar-refractivity contribution is 0.354. The predicted molar refractivity (Wildman–Crippen MR) is 92.6 cm³/mol. The van der Waals surface area contributed by atoms with E-state index in [1.165, 1.54) is 0 Å². The molecule has 0 atom stereocenters.